The van der Waals surface area contributed by atoms with Crippen molar-refractivity contribution in [1.82, 2.24) is 9.55 Å². The van der Waals surface area contributed by atoms with Gasteiger partial charge in [0.1, 0.15) is 0 Å². The summed E-state index contributed by atoms with van der Waals surface area (Å²) >= 11 is 0. The van der Waals surface area contributed by atoms with E-state index in [2.05, 4.69) is 4.98 Å². The normalized spacial score (nSPS) is 13.4. The molecule has 0 unspecified atom stereocenters. The molecule has 14 heavy (non-hydrogen) atoms. The number of nitrogens with zero attached hydrogens (tertiary/aromatic N) is 2. The molecule has 3 N–H and O–H groups in total. The lowest BCUT2D eigenvalue weighted by molar-refractivity contribution is 0.268. The maximum Gasteiger partial charge on any atom is 0.0955 e. The molecule has 2 aromatic rings. The van der Waals surface area contributed by atoms with E-state index < -0.39 is 0 Å². The van der Waals surface area contributed by atoms with Gasteiger partial charge in [0.05, 0.1) is 30.0 Å². The molecule has 0 saturated heterocycles. The molecule has 0 bridgehead atoms. The molecule has 1 aromatic heterocycles. The van der Waals surface area contributed by atoms with Crippen LogP contribution in [0.1, 0.15) is 11.6 Å². The van der Waals surface area contributed by atoms with E-state index in [4.69, 9.17) is 10.8 Å². The summed E-state index contributed by atoms with van der Waals surface area (Å²) in [6, 6.07) is 5.48. The Morgan fingerprint density at radius 2 is 2.36 bits per heavy atom. The molecule has 1 heterocycles. The Hall–Kier alpha value is -1.39. The Morgan fingerprint density at radius 1 is 1.57 bits per heavy atom. The molecule has 2 rings (SSSR count). The number of benzene rings is 1. The number of rotatable bonds is 2. The Morgan fingerprint density at radius 3 is 3.07 bits per heavy atom. The zero-order valence-corrected chi connectivity index (χ0v) is 8.01. The average Bonchev–Trinajstić information content (AvgIpc) is 2.59. The van der Waals surface area contributed by atoms with Gasteiger partial charge in [0, 0.05) is 7.05 Å². The van der Waals surface area contributed by atoms with E-state index in [0.717, 1.165) is 16.6 Å². The second kappa shape index (κ2) is 3.40. The Kier molecular flexibility index (Phi) is 2.23. The number of fused-ring (bicyclic) bond motifs is 1. The molecule has 0 amide bonds. The lowest BCUT2D eigenvalue weighted by atomic mass is 10.1. The molecule has 0 aliphatic carbocycles. The highest BCUT2D eigenvalue weighted by molar-refractivity contribution is 5.76. The van der Waals surface area contributed by atoms with Crippen LogP contribution < -0.4 is 5.73 Å². The maximum atomic E-state index is 8.91. The topological polar surface area (TPSA) is 64.1 Å². The Labute approximate surface area is 82.0 Å². The number of hydrogen-bond donors (Lipinski definition) is 2. The SMILES string of the molecule is Cn1cnc2cc([C@H](N)CO)ccc21. The number of hydrogen-bond acceptors (Lipinski definition) is 3. The smallest absolute Gasteiger partial charge is 0.0955 e. The number of aryl methyl sites for hydroxylation is 1. The second-order valence-corrected chi connectivity index (χ2v) is 3.39. The van der Waals surface area contributed by atoms with Crippen molar-refractivity contribution in [3.8, 4) is 0 Å². The van der Waals surface area contributed by atoms with Crippen LogP contribution in [0.5, 0.6) is 0 Å². The minimum Gasteiger partial charge on any atom is -0.394 e. The highest BCUT2D eigenvalue weighted by Crippen LogP contribution is 2.17. The first kappa shape index (κ1) is 9.18. The fourth-order valence-electron chi connectivity index (χ4n) is 1.49. The van der Waals surface area contributed by atoms with E-state index in [1.165, 1.54) is 0 Å². The van der Waals surface area contributed by atoms with Crippen molar-refractivity contribution < 1.29 is 5.11 Å². The first-order valence-electron chi connectivity index (χ1n) is 4.50. The van der Waals surface area contributed by atoms with E-state index >= 15 is 0 Å². The van der Waals surface area contributed by atoms with Gasteiger partial charge in [-0.25, -0.2) is 4.98 Å². The van der Waals surface area contributed by atoms with Gasteiger partial charge in [-0.2, -0.15) is 0 Å². The number of aromatic nitrogens is 2. The van der Waals surface area contributed by atoms with Crippen molar-refractivity contribution in [2.24, 2.45) is 12.8 Å². The van der Waals surface area contributed by atoms with E-state index in [1.54, 1.807) is 6.33 Å². The van der Waals surface area contributed by atoms with Gasteiger partial charge in [-0.05, 0) is 17.7 Å². The van der Waals surface area contributed by atoms with Gasteiger partial charge in [0.15, 0.2) is 0 Å². The maximum absolute atomic E-state index is 8.91. The van der Waals surface area contributed by atoms with Gasteiger partial charge < -0.3 is 15.4 Å². The zero-order chi connectivity index (χ0) is 10.1. The van der Waals surface area contributed by atoms with Gasteiger partial charge in [-0.3, -0.25) is 0 Å². The summed E-state index contributed by atoms with van der Waals surface area (Å²) in [5.74, 6) is 0. The van der Waals surface area contributed by atoms with E-state index in [-0.39, 0.29) is 12.6 Å². The highest BCUT2D eigenvalue weighted by atomic mass is 16.3. The molecule has 0 saturated carbocycles. The molecule has 0 radical (unpaired) electrons. The van der Waals surface area contributed by atoms with Crippen LogP contribution in [0.25, 0.3) is 11.0 Å². The summed E-state index contributed by atoms with van der Waals surface area (Å²) in [5, 5.41) is 8.91. The fraction of sp³-hybridized carbons (Fsp3) is 0.300. The van der Waals surface area contributed by atoms with E-state index in [1.807, 2.05) is 29.8 Å². The van der Waals surface area contributed by atoms with Crippen molar-refractivity contribution in [3.63, 3.8) is 0 Å². The number of imidazole rings is 1. The number of aliphatic hydroxyl groups excluding tert-OH is 1. The quantitative estimate of drug-likeness (QED) is 0.729. The van der Waals surface area contributed by atoms with E-state index in [9.17, 15) is 0 Å². The van der Waals surface area contributed by atoms with Crippen LogP contribution >= 0.6 is 0 Å². The molecule has 0 aliphatic rings. The molecular weight excluding hydrogens is 178 g/mol. The summed E-state index contributed by atoms with van der Waals surface area (Å²) in [4.78, 5) is 4.22. The van der Waals surface area contributed by atoms with Crippen molar-refractivity contribution in [2.45, 2.75) is 6.04 Å². The Balaban J connectivity index is 2.52. The van der Waals surface area contributed by atoms with Gasteiger partial charge >= 0.3 is 0 Å². The average molecular weight is 191 g/mol. The summed E-state index contributed by atoms with van der Waals surface area (Å²) in [6.07, 6.45) is 1.76. The van der Waals surface area contributed by atoms with Crippen LogP contribution in [0, 0.1) is 0 Å². The first-order chi connectivity index (χ1) is 6.72. The van der Waals surface area contributed by atoms with Crippen LogP contribution in [0.2, 0.25) is 0 Å². The monoisotopic (exact) mass is 191 g/mol. The number of nitrogens with two attached hydrogens (primary N) is 1. The predicted octanol–water partition coefficient (Wildman–Crippen LogP) is 0.565. The fourth-order valence-corrected chi connectivity index (χ4v) is 1.49. The van der Waals surface area contributed by atoms with Crippen LogP contribution in [0.4, 0.5) is 0 Å². The first-order valence-corrected chi connectivity index (χ1v) is 4.50. The van der Waals surface area contributed by atoms with Crippen molar-refractivity contribution in [1.29, 1.82) is 0 Å². The molecule has 0 spiro atoms. The Bertz CT molecular complexity index is 450. The summed E-state index contributed by atoms with van der Waals surface area (Å²) in [7, 11) is 1.95. The van der Waals surface area contributed by atoms with Gasteiger partial charge in [0.2, 0.25) is 0 Å². The third-order valence-electron chi connectivity index (χ3n) is 2.37. The van der Waals surface area contributed by atoms with Crippen LogP contribution in [-0.4, -0.2) is 21.3 Å². The molecular formula is C10H13N3O. The predicted molar refractivity (Wildman–Crippen MR) is 54.7 cm³/mol. The lowest BCUT2D eigenvalue weighted by Crippen LogP contribution is -2.14. The van der Waals surface area contributed by atoms with Gasteiger partial charge in [-0.1, -0.05) is 6.07 Å². The third-order valence-corrected chi connectivity index (χ3v) is 2.37. The lowest BCUT2D eigenvalue weighted by Gasteiger charge is -2.07. The minimum absolute atomic E-state index is 0.0433. The molecule has 4 heteroatoms. The van der Waals surface area contributed by atoms with Crippen LogP contribution in [0.3, 0.4) is 0 Å². The standard InChI is InChI=1S/C10H13N3O/c1-13-6-12-9-4-7(8(11)5-14)2-3-10(9)13/h2-4,6,8,14H,5,11H2,1H3/t8-/m1/s1. The summed E-state index contributed by atoms with van der Waals surface area (Å²) in [6.45, 7) is -0.0433. The van der Waals surface area contributed by atoms with E-state index in [0.29, 0.717) is 0 Å². The minimum atomic E-state index is -0.318. The number of aliphatic hydroxyl groups is 1. The van der Waals surface area contributed by atoms with Crippen molar-refractivity contribution in [2.75, 3.05) is 6.61 Å². The van der Waals surface area contributed by atoms with Crippen LogP contribution in [-0.2, 0) is 7.05 Å². The second-order valence-electron chi connectivity index (χ2n) is 3.39. The van der Waals surface area contributed by atoms with Crippen molar-refractivity contribution >= 4 is 11.0 Å². The largest absolute Gasteiger partial charge is 0.394 e. The molecule has 74 valence electrons. The third kappa shape index (κ3) is 1.38. The molecule has 4 nitrogen and oxygen atoms in total. The van der Waals surface area contributed by atoms with Crippen molar-refractivity contribution in [3.05, 3.63) is 30.1 Å². The summed E-state index contributed by atoms with van der Waals surface area (Å²) in [5.41, 5.74) is 8.60. The molecule has 1 aromatic carbocycles. The molecule has 1 atom stereocenters. The summed E-state index contributed by atoms with van der Waals surface area (Å²) < 4.78 is 1.95. The van der Waals surface area contributed by atoms with Gasteiger partial charge in [-0.15, -0.1) is 0 Å². The highest BCUT2D eigenvalue weighted by Gasteiger charge is 2.06. The zero-order valence-electron chi connectivity index (χ0n) is 8.01. The van der Waals surface area contributed by atoms with Crippen LogP contribution in [0.15, 0.2) is 24.5 Å². The molecule has 0 aliphatic heterocycles. The van der Waals surface area contributed by atoms with Gasteiger partial charge in [0.25, 0.3) is 0 Å². The molecule has 0 fully saturated rings.